The van der Waals surface area contributed by atoms with Gasteiger partial charge in [0.1, 0.15) is 5.75 Å². The third-order valence-corrected chi connectivity index (χ3v) is 4.09. The molecule has 2 atom stereocenters. The van der Waals surface area contributed by atoms with Crippen molar-refractivity contribution in [2.45, 2.75) is 56.8 Å². The van der Waals surface area contributed by atoms with E-state index in [1.165, 1.54) is 0 Å². The summed E-state index contributed by atoms with van der Waals surface area (Å²) in [5.74, 6) is 0.882. The van der Waals surface area contributed by atoms with Crippen LogP contribution in [-0.4, -0.2) is 23.9 Å². The molecule has 1 aliphatic carbocycles. The molecule has 3 rings (SSSR count). The molecule has 0 bridgehead atoms. The quantitative estimate of drug-likeness (QED) is 0.906. The number of hydrogen-bond donors (Lipinski definition) is 1. The van der Waals surface area contributed by atoms with E-state index in [1.807, 2.05) is 24.3 Å². The van der Waals surface area contributed by atoms with Crippen molar-refractivity contribution in [2.24, 2.45) is 0 Å². The summed E-state index contributed by atoms with van der Waals surface area (Å²) in [6.07, 6.45) is 5.14. The Morgan fingerprint density at radius 2 is 2.26 bits per heavy atom. The number of benzene rings is 1. The summed E-state index contributed by atoms with van der Waals surface area (Å²) in [5, 5.41) is 10.9. The van der Waals surface area contributed by atoms with Crippen molar-refractivity contribution in [1.82, 2.24) is 0 Å². The lowest BCUT2D eigenvalue weighted by Crippen LogP contribution is -2.38. The van der Waals surface area contributed by atoms with E-state index >= 15 is 0 Å². The maximum absolute atomic E-state index is 10.9. The summed E-state index contributed by atoms with van der Waals surface area (Å²) >= 11 is 0. The third-order valence-electron chi connectivity index (χ3n) is 4.09. The Kier molecular flexibility index (Phi) is 3.50. The van der Waals surface area contributed by atoms with Crippen LogP contribution in [0.5, 0.6) is 5.75 Å². The fourth-order valence-corrected chi connectivity index (χ4v) is 2.69. The van der Waals surface area contributed by atoms with E-state index in [2.05, 4.69) is 6.92 Å². The first kappa shape index (κ1) is 12.9. The molecule has 0 amide bonds. The lowest BCUT2D eigenvalue weighted by molar-refractivity contribution is -0.108. The predicted molar refractivity (Wildman–Crippen MR) is 73.3 cm³/mol. The Labute approximate surface area is 114 Å². The van der Waals surface area contributed by atoms with E-state index in [-0.39, 0.29) is 6.10 Å². The van der Waals surface area contributed by atoms with Crippen molar-refractivity contribution < 1.29 is 14.6 Å². The van der Waals surface area contributed by atoms with E-state index < -0.39 is 5.60 Å². The smallest absolute Gasteiger partial charge is 0.120 e. The van der Waals surface area contributed by atoms with Gasteiger partial charge in [-0.2, -0.15) is 0 Å². The second-order valence-corrected chi connectivity index (χ2v) is 5.73. The summed E-state index contributed by atoms with van der Waals surface area (Å²) in [6, 6.07) is 7.94. The number of hydrogen-bond acceptors (Lipinski definition) is 3. The number of aliphatic hydroxyl groups is 1. The molecule has 3 nitrogen and oxygen atoms in total. The average molecular weight is 262 g/mol. The highest BCUT2D eigenvalue weighted by molar-refractivity contribution is 5.33. The second kappa shape index (κ2) is 5.14. The molecule has 1 heterocycles. The lowest BCUT2D eigenvalue weighted by atomic mass is 9.83. The minimum atomic E-state index is -0.762. The highest BCUT2D eigenvalue weighted by Gasteiger charge is 2.36. The van der Waals surface area contributed by atoms with Crippen LogP contribution in [-0.2, 0) is 10.3 Å². The van der Waals surface area contributed by atoms with Crippen LogP contribution in [0.4, 0.5) is 0 Å². The molecule has 1 saturated heterocycles. The van der Waals surface area contributed by atoms with Gasteiger partial charge in [0, 0.05) is 12.8 Å². The van der Waals surface area contributed by atoms with Gasteiger partial charge in [0.15, 0.2) is 0 Å². The Hall–Kier alpha value is -1.06. The number of rotatable bonds is 4. The van der Waals surface area contributed by atoms with Crippen molar-refractivity contribution in [3.05, 3.63) is 29.8 Å². The van der Waals surface area contributed by atoms with Gasteiger partial charge < -0.3 is 14.6 Å². The average Bonchev–Trinajstić information content (AvgIpc) is 3.23. The van der Waals surface area contributed by atoms with Crippen molar-refractivity contribution in [1.29, 1.82) is 0 Å². The van der Waals surface area contributed by atoms with Crippen LogP contribution in [0.15, 0.2) is 24.3 Å². The molecule has 1 aromatic rings. The molecule has 2 unspecified atom stereocenters. The zero-order valence-electron chi connectivity index (χ0n) is 11.5. The highest BCUT2D eigenvalue weighted by Crippen LogP contribution is 2.37. The normalized spacial score (nSPS) is 31.2. The Bertz CT molecular complexity index is 441. The molecule has 1 saturated carbocycles. The van der Waals surface area contributed by atoms with E-state index in [9.17, 15) is 5.11 Å². The Morgan fingerprint density at radius 3 is 3.00 bits per heavy atom. The second-order valence-electron chi connectivity index (χ2n) is 5.73. The van der Waals surface area contributed by atoms with Crippen molar-refractivity contribution >= 4 is 0 Å². The van der Waals surface area contributed by atoms with E-state index in [0.29, 0.717) is 25.6 Å². The van der Waals surface area contributed by atoms with Crippen LogP contribution in [0, 0.1) is 0 Å². The molecule has 0 aromatic heterocycles. The number of ether oxygens (including phenoxy) is 2. The van der Waals surface area contributed by atoms with Crippen molar-refractivity contribution in [3.63, 3.8) is 0 Å². The molecule has 1 N–H and O–H groups in total. The minimum absolute atomic E-state index is 0.159. The van der Waals surface area contributed by atoms with Gasteiger partial charge in [-0.05, 0) is 37.0 Å². The summed E-state index contributed by atoms with van der Waals surface area (Å²) in [6.45, 7) is 2.73. The summed E-state index contributed by atoms with van der Waals surface area (Å²) in [7, 11) is 0. The van der Waals surface area contributed by atoms with Crippen LogP contribution in [0.2, 0.25) is 0 Å². The molecule has 3 heteroatoms. The lowest BCUT2D eigenvalue weighted by Gasteiger charge is -2.37. The fraction of sp³-hybridized carbons (Fsp3) is 0.625. The standard InChI is InChI=1S/C16H22O3/c1-2-13-11-16(17,8-9-18-13)12-4-3-5-15(10-12)19-14-6-7-14/h3-5,10,13-14,17H,2,6-9,11H2,1H3. The van der Waals surface area contributed by atoms with Gasteiger partial charge in [0.2, 0.25) is 0 Å². The van der Waals surface area contributed by atoms with Gasteiger partial charge in [-0.25, -0.2) is 0 Å². The van der Waals surface area contributed by atoms with Crippen LogP contribution in [0.1, 0.15) is 44.6 Å². The van der Waals surface area contributed by atoms with Crippen LogP contribution < -0.4 is 4.74 Å². The predicted octanol–water partition coefficient (Wildman–Crippen LogP) is 3.00. The molecule has 1 aliphatic heterocycles. The first-order chi connectivity index (χ1) is 9.19. The largest absolute Gasteiger partial charge is 0.490 e. The van der Waals surface area contributed by atoms with Gasteiger partial charge in [-0.3, -0.25) is 0 Å². The molecule has 0 radical (unpaired) electrons. The van der Waals surface area contributed by atoms with E-state index in [4.69, 9.17) is 9.47 Å². The fourth-order valence-electron chi connectivity index (χ4n) is 2.69. The summed E-state index contributed by atoms with van der Waals surface area (Å²) < 4.78 is 11.5. The molecular formula is C16H22O3. The Morgan fingerprint density at radius 1 is 1.42 bits per heavy atom. The van der Waals surface area contributed by atoms with Gasteiger partial charge >= 0.3 is 0 Å². The van der Waals surface area contributed by atoms with E-state index in [1.54, 1.807) is 0 Å². The molecule has 1 aromatic carbocycles. The molecule has 0 spiro atoms. The van der Waals surface area contributed by atoms with Crippen LogP contribution in [0.3, 0.4) is 0 Å². The zero-order chi connectivity index (χ0) is 13.3. The maximum Gasteiger partial charge on any atom is 0.120 e. The molecule has 2 fully saturated rings. The molecule has 19 heavy (non-hydrogen) atoms. The topological polar surface area (TPSA) is 38.7 Å². The van der Waals surface area contributed by atoms with Gasteiger partial charge in [0.25, 0.3) is 0 Å². The SMILES string of the molecule is CCC1CC(O)(c2cccc(OC3CC3)c2)CCO1. The first-order valence-corrected chi connectivity index (χ1v) is 7.31. The maximum atomic E-state index is 10.9. The van der Waals surface area contributed by atoms with Crippen molar-refractivity contribution in [3.8, 4) is 5.75 Å². The Balaban J connectivity index is 1.78. The van der Waals surface area contributed by atoms with Crippen LogP contribution >= 0.6 is 0 Å². The monoisotopic (exact) mass is 262 g/mol. The van der Waals surface area contributed by atoms with Crippen LogP contribution in [0.25, 0.3) is 0 Å². The van der Waals surface area contributed by atoms with Gasteiger partial charge in [-0.15, -0.1) is 0 Å². The summed E-state index contributed by atoms with van der Waals surface area (Å²) in [4.78, 5) is 0. The molecular weight excluding hydrogens is 240 g/mol. The highest BCUT2D eigenvalue weighted by atomic mass is 16.5. The molecule has 2 aliphatic rings. The van der Waals surface area contributed by atoms with Crippen molar-refractivity contribution in [2.75, 3.05) is 6.61 Å². The zero-order valence-corrected chi connectivity index (χ0v) is 11.5. The third kappa shape index (κ3) is 2.93. The van der Waals surface area contributed by atoms with E-state index in [0.717, 1.165) is 30.6 Å². The first-order valence-electron chi connectivity index (χ1n) is 7.31. The van der Waals surface area contributed by atoms with Gasteiger partial charge in [0.05, 0.1) is 24.4 Å². The summed E-state index contributed by atoms with van der Waals surface area (Å²) in [5.41, 5.74) is 0.203. The minimum Gasteiger partial charge on any atom is -0.490 e. The van der Waals surface area contributed by atoms with Gasteiger partial charge in [-0.1, -0.05) is 19.1 Å². The molecule has 104 valence electrons.